The molecule has 2 aromatic rings. The number of thioether (sulfide) groups is 1. The summed E-state index contributed by atoms with van der Waals surface area (Å²) in [7, 11) is 3.27. The van der Waals surface area contributed by atoms with Gasteiger partial charge < -0.3 is 24.5 Å². The quantitative estimate of drug-likeness (QED) is 0.0892. The molecule has 1 fully saturated rings. The molecule has 0 aromatic heterocycles. The molecule has 3 amide bonds. The zero-order valence-electron chi connectivity index (χ0n) is 29.1. The van der Waals surface area contributed by atoms with Crippen LogP contribution in [-0.2, 0) is 20.1 Å². The lowest BCUT2D eigenvalue weighted by molar-refractivity contribution is -0.135. The first-order chi connectivity index (χ1) is 23.8. The summed E-state index contributed by atoms with van der Waals surface area (Å²) in [6, 6.07) is 11.9. The smallest absolute Gasteiger partial charge is 0.242 e. The molecule has 50 heavy (non-hydrogen) atoms. The maximum atomic E-state index is 13.6. The molecule has 13 heteroatoms. The van der Waals surface area contributed by atoms with Crippen molar-refractivity contribution in [3.05, 3.63) is 99.7 Å². The summed E-state index contributed by atoms with van der Waals surface area (Å²) in [5, 5.41) is 0.982. The van der Waals surface area contributed by atoms with Gasteiger partial charge in [-0.2, -0.15) is 0 Å². The van der Waals surface area contributed by atoms with Crippen molar-refractivity contribution in [2.75, 3.05) is 64.1 Å². The van der Waals surface area contributed by atoms with E-state index in [0.29, 0.717) is 65.5 Å². The highest BCUT2D eigenvalue weighted by Crippen LogP contribution is 2.28. The second-order valence-corrected chi connectivity index (χ2v) is 13.4. The summed E-state index contributed by atoms with van der Waals surface area (Å²) in [5.74, 6) is 0.276. The van der Waals surface area contributed by atoms with Gasteiger partial charge in [-0.3, -0.25) is 19.4 Å². The summed E-state index contributed by atoms with van der Waals surface area (Å²) < 4.78 is 13.4. The number of benzene rings is 2. The number of allylic oxidation sites excluding steroid dienone is 2. The second-order valence-electron chi connectivity index (χ2n) is 11.7. The van der Waals surface area contributed by atoms with Crippen molar-refractivity contribution in [3.8, 4) is 12.8 Å². The molecule has 0 spiro atoms. The molecular formula is C37H45Cl2FN6O3S. The third-order valence-electron chi connectivity index (χ3n) is 7.63. The van der Waals surface area contributed by atoms with Gasteiger partial charge in [0, 0.05) is 71.0 Å². The normalized spacial score (nSPS) is 13.1. The van der Waals surface area contributed by atoms with E-state index in [1.54, 1.807) is 50.3 Å². The fourth-order valence-electron chi connectivity index (χ4n) is 4.85. The van der Waals surface area contributed by atoms with E-state index in [-0.39, 0.29) is 36.6 Å². The van der Waals surface area contributed by atoms with Crippen molar-refractivity contribution in [1.82, 2.24) is 19.6 Å². The summed E-state index contributed by atoms with van der Waals surface area (Å²) in [5.41, 5.74) is 3.84. The Morgan fingerprint density at radius 1 is 0.980 bits per heavy atom. The molecule has 0 atom stereocenters. The van der Waals surface area contributed by atoms with Crippen LogP contribution in [0, 0.1) is 18.7 Å². The molecule has 0 aliphatic carbocycles. The number of carbonyl (C=O) groups excluding carboxylic acids is 3. The van der Waals surface area contributed by atoms with Crippen molar-refractivity contribution in [2.24, 2.45) is 4.99 Å². The van der Waals surface area contributed by atoms with Crippen LogP contribution >= 0.6 is 35.0 Å². The zero-order chi connectivity index (χ0) is 37.4. The van der Waals surface area contributed by atoms with Crippen molar-refractivity contribution in [1.29, 1.82) is 0 Å². The monoisotopic (exact) mass is 742 g/mol. The highest BCUT2D eigenvalue weighted by molar-refractivity contribution is 7.98. The number of halogens is 3. The lowest BCUT2D eigenvalue weighted by atomic mass is 10.1. The number of nitrogens with zero attached hydrogens (tertiary/aromatic N) is 6. The molecule has 0 unspecified atom stereocenters. The number of anilines is 1. The Bertz CT molecular complexity index is 1590. The number of hydrogen-bond acceptors (Lipinski definition) is 7. The molecule has 1 saturated heterocycles. The average molecular weight is 744 g/mol. The van der Waals surface area contributed by atoms with Crippen molar-refractivity contribution in [3.63, 3.8) is 0 Å². The SMILES string of the molecule is C#C.C=NC(=C)/C(=C\N(CSCc1ccc(F)cc1)CC(=O)N1CCN(c2ccc(Cl)c(Cl)c2)CC1)C/C(C)=C/N(CC(=O)N(C)C)C(C)=O. The Balaban J connectivity index is 0.00000425. The number of amides is 3. The number of terminal acetylenes is 1. The number of piperazine rings is 1. The topological polar surface area (TPSA) is 79.8 Å². The summed E-state index contributed by atoms with van der Waals surface area (Å²) in [4.78, 5) is 51.1. The molecule has 0 saturated carbocycles. The minimum absolute atomic E-state index is 0.0313. The van der Waals surface area contributed by atoms with Crippen LogP contribution in [0.15, 0.2) is 83.3 Å². The average Bonchev–Trinajstić information content (AvgIpc) is 3.10. The second kappa shape index (κ2) is 21.1. The predicted octanol–water partition coefficient (Wildman–Crippen LogP) is 6.55. The van der Waals surface area contributed by atoms with Crippen LogP contribution in [0.25, 0.3) is 0 Å². The molecule has 2 aromatic carbocycles. The van der Waals surface area contributed by atoms with Gasteiger partial charge in [0.15, 0.2) is 0 Å². The molecule has 3 rings (SSSR count). The highest BCUT2D eigenvalue weighted by atomic mass is 35.5. The van der Waals surface area contributed by atoms with Gasteiger partial charge in [-0.05, 0) is 61.5 Å². The largest absolute Gasteiger partial charge is 0.368 e. The Morgan fingerprint density at radius 2 is 1.62 bits per heavy atom. The van der Waals surface area contributed by atoms with E-state index < -0.39 is 0 Å². The predicted molar refractivity (Wildman–Crippen MR) is 206 cm³/mol. The maximum absolute atomic E-state index is 13.6. The van der Waals surface area contributed by atoms with Crippen LogP contribution < -0.4 is 4.90 Å². The number of likely N-dealkylation sites (N-methyl/N-ethyl adjacent to an activating group) is 1. The Kier molecular flexibility index (Phi) is 17.7. The van der Waals surface area contributed by atoms with E-state index in [1.165, 1.54) is 28.9 Å². The lowest BCUT2D eigenvalue weighted by Gasteiger charge is -2.37. The van der Waals surface area contributed by atoms with Crippen molar-refractivity contribution in [2.45, 2.75) is 26.0 Å². The van der Waals surface area contributed by atoms with E-state index in [0.717, 1.165) is 16.8 Å². The summed E-state index contributed by atoms with van der Waals surface area (Å²) in [6.07, 6.45) is 11.9. The molecule has 0 radical (unpaired) electrons. The van der Waals surface area contributed by atoms with E-state index in [1.807, 2.05) is 35.1 Å². The van der Waals surface area contributed by atoms with Gasteiger partial charge in [0.1, 0.15) is 12.4 Å². The van der Waals surface area contributed by atoms with Gasteiger partial charge >= 0.3 is 0 Å². The van der Waals surface area contributed by atoms with Gasteiger partial charge in [-0.25, -0.2) is 4.39 Å². The number of rotatable bonds is 15. The van der Waals surface area contributed by atoms with Crippen LogP contribution in [0.4, 0.5) is 10.1 Å². The van der Waals surface area contributed by atoms with Crippen molar-refractivity contribution >= 4 is 65.1 Å². The molecular weight excluding hydrogens is 698 g/mol. The minimum Gasteiger partial charge on any atom is -0.368 e. The first kappa shape index (κ1) is 41.9. The van der Waals surface area contributed by atoms with E-state index >= 15 is 0 Å². The molecule has 0 bridgehead atoms. The fraction of sp³-hybridized carbons (Fsp3) is 0.351. The van der Waals surface area contributed by atoms with Gasteiger partial charge in [-0.1, -0.05) is 47.5 Å². The maximum Gasteiger partial charge on any atom is 0.242 e. The number of hydrogen-bond donors (Lipinski definition) is 0. The summed E-state index contributed by atoms with van der Waals surface area (Å²) >= 11 is 13.9. The van der Waals surface area contributed by atoms with E-state index in [9.17, 15) is 18.8 Å². The molecule has 9 nitrogen and oxygen atoms in total. The van der Waals surface area contributed by atoms with Crippen LogP contribution in [0.3, 0.4) is 0 Å². The van der Waals surface area contributed by atoms with Crippen molar-refractivity contribution < 1.29 is 18.8 Å². The molecule has 268 valence electrons. The van der Waals surface area contributed by atoms with Crippen LogP contribution in [0.2, 0.25) is 10.0 Å². The van der Waals surface area contributed by atoms with Crippen LogP contribution in [0.1, 0.15) is 25.8 Å². The third kappa shape index (κ3) is 13.6. The molecule has 1 aliphatic heterocycles. The van der Waals surface area contributed by atoms with E-state index in [4.69, 9.17) is 23.2 Å². The third-order valence-corrected chi connectivity index (χ3v) is 9.42. The first-order valence-corrected chi connectivity index (χ1v) is 17.6. The van der Waals surface area contributed by atoms with Gasteiger partial charge in [-0.15, -0.1) is 24.6 Å². The summed E-state index contributed by atoms with van der Waals surface area (Å²) in [6.45, 7) is 13.4. The number of aliphatic imine (C=N–C) groups is 1. The van der Waals surface area contributed by atoms with E-state index in [2.05, 4.69) is 36.0 Å². The molecule has 0 N–H and O–H groups in total. The molecule has 1 heterocycles. The number of carbonyl (C=O) groups is 3. The first-order valence-electron chi connectivity index (χ1n) is 15.7. The van der Waals surface area contributed by atoms with Gasteiger partial charge in [0.05, 0.1) is 28.2 Å². The Morgan fingerprint density at radius 3 is 2.18 bits per heavy atom. The zero-order valence-corrected chi connectivity index (χ0v) is 31.4. The lowest BCUT2D eigenvalue weighted by Crippen LogP contribution is -2.51. The van der Waals surface area contributed by atoms with Crippen LogP contribution in [-0.4, -0.2) is 103 Å². The Hall–Kier alpha value is -4.24. The van der Waals surface area contributed by atoms with Gasteiger partial charge in [0.25, 0.3) is 0 Å². The van der Waals surface area contributed by atoms with Gasteiger partial charge in [0.2, 0.25) is 17.7 Å². The Labute approximate surface area is 310 Å². The standard InChI is InChI=1S/C35H43Cl2FN6O3S.C2H2/c1-25(19-44(27(3)45)22-34(46)40(5)6)17-29(26(2)39-4)20-41(24-48-23-28-7-9-30(38)10-8-28)21-35(47)43-15-13-42(14-16-43)31-11-12-32(36)33(37)18-31;1-2/h7-12,18-20H,2,4,13-17,21-24H2,1,3,5-6H3;1-2H/b25-19+,29-20-;. The fourth-order valence-corrected chi connectivity index (χ4v) is 6.06. The molecule has 1 aliphatic rings. The highest BCUT2D eigenvalue weighted by Gasteiger charge is 2.23. The van der Waals surface area contributed by atoms with Crippen LogP contribution in [0.5, 0.6) is 0 Å². The minimum atomic E-state index is -0.295.